The fourth-order valence-electron chi connectivity index (χ4n) is 4.36. The first-order valence-corrected chi connectivity index (χ1v) is 11.5. The number of nitrogens with zero attached hydrogens (tertiary/aromatic N) is 2. The first-order valence-electron chi connectivity index (χ1n) is 11.1. The molecule has 0 unspecified atom stereocenters. The molecule has 1 aliphatic rings. The summed E-state index contributed by atoms with van der Waals surface area (Å²) < 4.78 is 2.14. The maximum absolute atomic E-state index is 13.5. The van der Waals surface area contributed by atoms with E-state index < -0.39 is 11.8 Å². The summed E-state index contributed by atoms with van der Waals surface area (Å²) in [5.74, 6) is -0.878. The molecule has 0 radical (unpaired) electrons. The number of benzene rings is 3. The van der Waals surface area contributed by atoms with Gasteiger partial charge in [-0.15, -0.1) is 0 Å². The summed E-state index contributed by atoms with van der Waals surface area (Å²) in [6.07, 6.45) is 3.66. The number of nitrogens with one attached hydrogen (secondary N) is 1. The predicted molar refractivity (Wildman–Crippen MR) is 138 cm³/mol. The molecule has 1 aromatic heterocycles. The first-order chi connectivity index (χ1) is 16.5. The largest absolute Gasteiger partial charge is 0.342 e. The Bertz CT molecular complexity index is 1420. The van der Waals surface area contributed by atoms with Crippen LogP contribution in [0.1, 0.15) is 29.7 Å². The molecule has 0 spiro atoms. The Morgan fingerprint density at radius 3 is 2.29 bits per heavy atom. The highest BCUT2D eigenvalue weighted by Crippen LogP contribution is 2.28. The maximum atomic E-state index is 13.5. The molecule has 168 valence electrons. The highest BCUT2D eigenvalue weighted by Gasteiger charge is 2.36. The van der Waals surface area contributed by atoms with Gasteiger partial charge in [0.1, 0.15) is 5.57 Å². The quantitative estimate of drug-likeness (QED) is 0.254. The van der Waals surface area contributed by atoms with Crippen molar-refractivity contribution in [3.63, 3.8) is 0 Å². The number of hydrogen-bond acceptors (Lipinski definition) is 3. The number of thiocarbonyl (C=S) groups is 1. The summed E-state index contributed by atoms with van der Waals surface area (Å²) in [7, 11) is 0. The van der Waals surface area contributed by atoms with Gasteiger partial charge in [0.2, 0.25) is 0 Å². The lowest BCUT2D eigenvalue weighted by molar-refractivity contribution is -0.130. The van der Waals surface area contributed by atoms with Crippen LogP contribution < -0.4 is 5.32 Å². The third-order valence-corrected chi connectivity index (χ3v) is 6.42. The molecule has 0 saturated carbocycles. The van der Waals surface area contributed by atoms with E-state index in [0.29, 0.717) is 6.54 Å². The molecule has 2 heterocycles. The molecule has 6 heteroatoms. The fourth-order valence-corrected chi connectivity index (χ4v) is 4.69. The lowest BCUT2D eigenvalue weighted by atomic mass is 10.0. The van der Waals surface area contributed by atoms with Crippen molar-refractivity contribution < 1.29 is 9.59 Å². The zero-order valence-corrected chi connectivity index (χ0v) is 19.5. The smallest absolute Gasteiger partial charge is 0.266 e. The van der Waals surface area contributed by atoms with E-state index in [1.165, 1.54) is 10.5 Å². The van der Waals surface area contributed by atoms with Gasteiger partial charge in [-0.25, -0.2) is 0 Å². The van der Waals surface area contributed by atoms with Crippen LogP contribution in [0, 0.1) is 0 Å². The van der Waals surface area contributed by atoms with Crippen molar-refractivity contribution in [1.29, 1.82) is 0 Å². The van der Waals surface area contributed by atoms with Crippen LogP contribution in [0.5, 0.6) is 0 Å². The van der Waals surface area contributed by atoms with Crippen LogP contribution in [0.4, 0.5) is 0 Å². The molecule has 5 rings (SSSR count). The van der Waals surface area contributed by atoms with Gasteiger partial charge in [0, 0.05) is 29.2 Å². The summed E-state index contributed by atoms with van der Waals surface area (Å²) in [6, 6.07) is 27.5. The van der Waals surface area contributed by atoms with E-state index >= 15 is 0 Å². The molecule has 0 aliphatic carbocycles. The van der Waals surface area contributed by atoms with Gasteiger partial charge >= 0.3 is 0 Å². The normalized spacial score (nSPS) is 16.2. The average Bonchev–Trinajstić information content (AvgIpc) is 3.20. The minimum atomic E-state index is -0.480. The fraction of sp³-hybridized carbons (Fsp3) is 0.107. The minimum Gasteiger partial charge on any atom is -0.342 e. The van der Waals surface area contributed by atoms with E-state index in [-0.39, 0.29) is 16.7 Å². The Kier molecular flexibility index (Phi) is 5.82. The molecule has 3 aromatic carbocycles. The van der Waals surface area contributed by atoms with Crippen LogP contribution in [-0.4, -0.2) is 26.4 Å². The van der Waals surface area contributed by atoms with Crippen molar-refractivity contribution in [2.75, 3.05) is 0 Å². The van der Waals surface area contributed by atoms with Crippen LogP contribution in [0.25, 0.3) is 17.0 Å². The monoisotopic (exact) mass is 465 g/mol. The van der Waals surface area contributed by atoms with Crippen molar-refractivity contribution in [3.05, 3.63) is 113 Å². The summed E-state index contributed by atoms with van der Waals surface area (Å²) in [6.45, 7) is 2.59. The summed E-state index contributed by atoms with van der Waals surface area (Å²) in [5.41, 5.74) is 4.02. The van der Waals surface area contributed by atoms with Gasteiger partial charge in [0.05, 0.1) is 6.04 Å². The van der Waals surface area contributed by atoms with Crippen molar-refractivity contribution in [2.45, 2.75) is 19.5 Å². The van der Waals surface area contributed by atoms with Gasteiger partial charge < -0.3 is 4.57 Å². The molecule has 1 saturated heterocycles. The van der Waals surface area contributed by atoms with Gasteiger partial charge in [-0.1, -0.05) is 78.9 Å². The zero-order chi connectivity index (χ0) is 23.7. The average molecular weight is 466 g/mol. The van der Waals surface area contributed by atoms with Gasteiger partial charge in [-0.2, -0.15) is 0 Å². The highest BCUT2D eigenvalue weighted by molar-refractivity contribution is 7.80. The first kappa shape index (κ1) is 21.8. The SMILES string of the molecule is C[C@H](c1ccccc1)N1C(=O)/C(=C/c2cn(Cc3ccccc3)c3ccccc23)C(=O)NC1=S. The number of hydrogen-bond donors (Lipinski definition) is 1. The van der Waals surface area contributed by atoms with Crippen molar-refractivity contribution in [1.82, 2.24) is 14.8 Å². The number of para-hydroxylation sites is 1. The number of fused-ring (bicyclic) bond motifs is 1. The highest BCUT2D eigenvalue weighted by atomic mass is 32.1. The maximum Gasteiger partial charge on any atom is 0.266 e. The van der Waals surface area contributed by atoms with Crippen LogP contribution in [0.2, 0.25) is 0 Å². The van der Waals surface area contributed by atoms with Crippen molar-refractivity contribution >= 4 is 46.1 Å². The standard InChI is InChI=1S/C28H23N3O2S/c1-19(21-12-6-3-7-13-21)31-27(33)24(26(32)29-28(31)34)16-22-18-30(17-20-10-4-2-5-11-20)25-15-9-8-14-23(22)25/h2-16,18-19H,17H2,1H3,(H,29,32,34)/b24-16+/t19-/m1/s1. The van der Waals surface area contributed by atoms with Crippen LogP contribution in [0.15, 0.2) is 96.7 Å². The second-order valence-corrected chi connectivity index (χ2v) is 8.68. The van der Waals surface area contributed by atoms with E-state index in [1.807, 2.05) is 85.9 Å². The van der Waals surface area contributed by atoms with Crippen LogP contribution in [0.3, 0.4) is 0 Å². The van der Waals surface area contributed by atoms with E-state index in [0.717, 1.165) is 22.0 Å². The number of amides is 2. The summed E-state index contributed by atoms with van der Waals surface area (Å²) >= 11 is 5.37. The molecule has 1 fully saturated rings. The Morgan fingerprint density at radius 1 is 0.912 bits per heavy atom. The molecular formula is C28H23N3O2S. The molecule has 4 aromatic rings. The Balaban J connectivity index is 1.54. The molecule has 5 nitrogen and oxygen atoms in total. The molecule has 2 amide bonds. The summed E-state index contributed by atoms with van der Waals surface area (Å²) in [5, 5.41) is 3.79. The number of rotatable bonds is 5. The van der Waals surface area contributed by atoms with Crippen LogP contribution in [-0.2, 0) is 16.1 Å². The van der Waals surface area contributed by atoms with Gasteiger partial charge in [0.25, 0.3) is 11.8 Å². The van der Waals surface area contributed by atoms with Crippen LogP contribution >= 0.6 is 12.2 Å². The molecule has 0 bridgehead atoms. The third kappa shape index (κ3) is 4.04. The van der Waals surface area contributed by atoms with Crippen molar-refractivity contribution in [2.24, 2.45) is 0 Å². The Labute approximate surface area is 203 Å². The topological polar surface area (TPSA) is 54.3 Å². The van der Waals surface area contributed by atoms with E-state index in [4.69, 9.17) is 12.2 Å². The number of carbonyl (C=O) groups is 2. The second-order valence-electron chi connectivity index (χ2n) is 8.29. The van der Waals surface area contributed by atoms with E-state index in [1.54, 1.807) is 6.08 Å². The van der Waals surface area contributed by atoms with Gasteiger partial charge in [-0.05, 0) is 42.4 Å². The molecule has 1 aliphatic heterocycles. The zero-order valence-electron chi connectivity index (χ0n) is 18.6. The Hall–Kier alpha value is -4.03. The lowest BCUT2D eigenvalue weighted by Crippen LogP contribution is -2.54. The predicted octanol–water partition coefficient (Wildman–Crippen LogP) is 5.08. The second kappa shape index (κ2) is 9.08. The molecule has 1 atom stereocenters. The van der Waals surface area contributed by atoms with Crippen molar-refractivity contribution in [3.8, 4) is 0 Å². The number of carbonyl (C=O) groups excluding carboxylic acids is 2. The minimum absolute atomic E-state index is 0.0685. The van der Waals surface area contributed by atoms with E-state index in [9.17, 15) is 9.59 Å². The summed E-state index contributed by atoms with van der Waals surface area (Å²) in [4.78, 5) is 27.8. The third-order valence-electron chi connectivity index (χ3n) is 6.12. The lowest BCUT2D eigenvalue weighted by Gasteiger charge is -2.33. The Morgan fingerprint density at radius 2 is 1.56 bits per heavy atom. The molecular weight excluding hydrogens is 442 g/mol. The molecule has 34 heavy (non-hydrogen) atoms. The van der Waals surface area contributed by atoms with Gasteiger partial charge in [-0.3, -0.25) is 19.8 Å². The molecule has 1 N–H and O–H groups in total. The number of aromatic nitrogens is 1. The van der Waals surface area contributed by atoms with Gasteiger partial charge in [0.15, 0.2) is 5.11 Å². The van der Waals surface area contributed by atoms with E-state index in [2.05, 4.69) is 22.0 Å².